The molecule has 1 saturated heterocycles. The van der Waals surface area contributed by atoms with Crippen LogP contribution >= 0.6 is 0 Å². The number of nitrogens with zero attached hydrogens (tertiary/aromatic N) is 4. The van der Waals surface area contributed by atoms with E-state index in [0.29, 0.717) is 61.0 Å². The Bertz CT molecular complexity index is 1340. The Hall–Kier alpha value is -3.27. The van der Waals surface area contributed by atoms with E-state index in [9.17, 15) is 18.0 Å². The van der Waals surface area contributed by atoms with Crippen LogP contribution in [-0.4, -0.2) is 45.5 Å². The molecular weight excluding hydrogens is 495 g/mol. The van der Waals surface area contributed by atoms with Crippen molar-refractivity contribution >= 4 is 22.6 Å². The Morgan fingerprint density at radius 1 is 1.21 bits per heavy atom. The molecular formula is C28H32F3N5O2. The van der Waals surface area contributed by atoms with Gasteiger partial charge in [0.25, 0.3) is 6.43 Å². The second-order valence-electron chi connectivity index (χ2n) is 10.4. The third kappa shape index (κ3) is 5.32. The predicted octanol–water partition coefficient (Wildman–Crippen LogP) is 5.85. The lowest BCUT2D eigenvalue weighted by Gasteiger charge is -2.41. The van der Waals surface area contributed by atoms with E-state index in [1.165, 1.54) is 12.1 Å². The number of rotatable bonds is 8. The number of hydrogen-bond acceptors (Lipinski definition) is 6. The standard InChI is InChI=1S/C28H32F3N5O2/c1-16(20-5-4-6-21(25(20)29)26(30)31)33-27-22-13-24(32-14-23(22)34-17(2)35-27)28(38-15-19-7-8-19)9-11-36(12-10-28)18(3)37/h4-6,13-14,16,19,26H,7-12,15H2,1-3H3,(H,33,34,35)/t16-/m1/s1. The van der Waals surface area contributed by atoms with Crippen LogP contribution in [0.2, 0.25) is 0 Å². The van der Waals surface area contributed by atoms with Crippen LogP contribution in [-0.2, 0) is 15.1 Å². The first kappa shape index (κ1) is 26.3. The average molecular weight is 528 g/mol. The summed E-state index contributed by atoms with van der Waals surface area (Å²) in [5.74, 6) is 0.632. The molecule has 38 heavy (non-hydrogen) atoms. The lowest BCUT2D eigenvalue weighted by atomic mass is 9.86. The van der Waals surface area contributed by atoms with Crippen molar-refractivity contribution in [3.63, 3.8) is 0 Å². The molecule has 2 aliphatic rings. The summed E-state index contributed by atoms with van der Waals surface area (Å²) in [7, 11) is 0. The minimum Gasteiger partial charge on any atom is -0.368 e. The molecule has 1 amide bonds. The van der Waals surface area contributed by atoms with Crippen molar-refractivity contribution in [2.45, 2.75) is 64.5 Å². The number of pyridine rings is 1. The SMILES string of the molecule is CC(=O)N1CCC(OCC2CC2)(c2cc3c(N[C@H](C)c4cccc(C(F)F)c4F)nc(C)nc3cn2)CC1. The van der Waals surface area contributed by atoms with Crippen LogP contribution < -0.4 is 5.32 Å². The van der Waals surface area contributed by atoms with Gasteiger partial charge in [-0.25, -0.2) is 23.1 Å². The molecule has 1 aliphatic carbocycles. The Labute approximate surface area is 219 Å². The molecule has 5 rings (SSSR count). The van der Waals surface area contributed by atoms with Crippen molar-refractivity contribution < 1.29 is 22.7 Å². The topological polar surface area (TPSA) is 80.2 Å². The number of amides is 1. The number of benzene rings is 1. The molecule has 0 unspecified atom stereocenters. The number of carbonyl (C=O) groups excluding carboxylic acids is 1. The number of piperidine rings is 1. The van der Waals surface area contributed by atoms with Gasteiger partial charge in [0.1, 0.15) is 23.1 Å². The van der Waals surface area contributed by atoms with E-state index in [0.717, 1.165) is 24.6 Å². The lowest BCUT2D eigenvalue weighted by molar-refractivity contribution is -0.138. The molecule has 0 radical (unpaired) electrons. The van der Waals surface area contributed by atoms with Gasteiger partial charge in [0.05, 0.1) is 35.6 Å². The number of nitrogens with one attached hydrogen (secondary N) is 1. The zero-order valence-corrected chi connectivity index (χ0v) is 21.8. The second kappa shape index (κ2) is 10.5. The number of fused-ring (bicyclic) bond motifs is 1. The van der Waals surface area contributed by atoms with E-state index in [-0.39, 0.29) is 11.5 Å². The molecule has 0 spiro atoms. The Kier molecular flexibility index (Phi) is 7.26. The van der Waals surface area contributed by atoms with Gasteiger partial charge in [-0.2, -0.15) is 0 Å². The van der Waals surface area contributed by atoms with Crippen molar-refractivity contribution in [3.05, 3.63) is 58.9 Å². The number of alkyl halides is 2. The number of carbonyl (C=O) groups is 1. The summed E-state index contributed by atoms with van der Waals surface area (Å²) in [6.45, 7) is 6.82. The monoisotopic (exact) mass is 527 g/mol. The van der Waals surface area contributed by atoms with Crippen LogP contribution in [0.15, 0.2) is 30.5 Å². The van der Waals surface area contributed by atoms with Gasteiger partial charge in [0.15, 0.2) is 0 Å². The summed E-state index contributed by atoms with van der Waals surface area (Å²) in [6.07, 6.45) is 2.34. The Balaban J connectivity index is 1.50. The fourth-order valence-corrected chi connectivity index (χ4v) is 5.08. The molecule has 0 bridgehead atoms. The van der Waals surface area contributed by atoms with Gasteiger partial charge in [0.2, 0.25) is 5.91 Å². The number of aryl methyl sites for hydroxylation is 1. The fourth-order valence-electron chi connectivity index (χ4n) is 5.08. The summed E-state index contributed by atoms with van der Waals surface area (Å²) < 4.78 is 48.0. The maximum absolute atomic E-state index is 14.9. The normalized spacial score (nSPS) is 18.1. The first-order chi connectivity index (χ1) is 18.2. The highest BCUT2D eigenvalue weighted by molar-refractivity contribution is 5.89. The number of likely N-dealkylation sites (tertiary alicyclic amines) is 1. The van der Waals surface area contributed by atoms with Crippen molar-refractivity contribution in [3.8, 4) is 0 Å². The second-order valence-corrected chi connectivity index (χ2v) is 10.4. The zero-order chi connectivity index (χ0) is 27.0. The molecule has 1 atom stereocenters. The Morgan fingerprint density at radius 2 is 1.92 bits per heavy atom. The van der Waals surface area contributed by atoms with Gasteiger partial charge >= 0.3 is 0 Å². The predicted molar refractivity (Wildman–Crippen MR) is 137 cm³/mol. The molecule has 10 heteroatoms. The van der Waals surface area contributed by atoms with Gasteiger partial charge in [-0.1, -0.05) is 18.2 Å². The van der Waals surface area contributed by atoms with Gasteiger partial charge in [0, 0.05) is 31.0 Å². The molecule has 1 aromatic carbocycles. The molecule has 2 aromatic heterocycles. The maximum Gasteiger partial charge on any atom is 0.266 e. The van der Waals surface area contributed by atoms with Crippen LogP contribution in [0.4, 0.5) is 19.0 Å². The molecule has 1 saturated carbocycles. The highest BCUT2D eigenvalue weighted by Crippen LogP contribution is 2.40. The van der Waals surface area contributed by atoms with Crippen molar-refractivity contribution in [2.75, 3.05) is 25.0 Å². The summed E-state index contributed by atoms with van der Waals surface area (Å²) in [6, 6.07) is 5.29. The largest absolute Gasteiger partial charge is 0.368 e. The number of hydrogen-bond donors (Lipinski definition) is 1. The average Bonchev–Trinajstić information content (AvgIpc) is 3.72. The molecule has 7 nitrogen and oxygen atoms in total. The highest BCUT2D eigenvalue weighted by atomic mass is 19.3. The molecule has 3 heterocycles. The highest BCUT2D eigenvalue weighted by Gasteiger charge is 2.41. The minimum atomic E-state index is -2.90. The van der Waals surface area contributed by atoms with Crippen LogP contribution in [0.5, 0.6) is 0 Å². The van der Waals surface area contributed by atoms with Crippen molar-refractivity contribution in [1.82, 2.24) is 19.9 Å². The zero-order valence-electron chi connectivity index (χ0n) is 21.8. The van der Waals surface area contributed by atoms with Crippen LogP contribution in [0, 0.1) is 18.7 Å². The fraction of sp³-hybridized carbons (Fsp3) is 0.500. The third-order valence-corrected chi connectivity index (χ3v) is 7.58. The maximum atomic E-state index is 14.9. The van der Waals surface area contributed by atoms with E-state index in [1.54, 1.807) is 27.0 Å². The van der Waals surface area contributed by atoms with Gasteiger partial charge in [-0.3, -0.25) is 9.78 Å². The van der Waals surface area contributed by atoms with E-state index in [1.807, 2.05) is 11.0 Å². The molecule has 3 aromatic rings. The number of ether oxygens (including phenoxy) is 1. The van der Waals surface area contributed by atoms with E-state index >= 15 is 0 Å². The first-order valence-corrected chi connectivity index (χ1v) is 13.0. The molecule has 1 aliphatic heterocycles. The Morgan fingerprint density at radius 3 is 2.58 bits per heavy atom. The van der Waals surface area contributed by atoms with Crippen LogP contribution in [0.25, 0.3) is 10.9 Å². The first-order valence-electron chi connectivity index (χ1n) is 13.0. The molecule has 2 fully saturated rings. The number of halogens is 3. The van der Waals surface area contributed by atoms with Gasteiger partial charge in [-0.15, -0.1) is 0 Å². The summed E-state index contributed by atoms with van der Waals surface area (Å²) in [5.41, 5.74) is 0.202. The van der Waals surface area contributed by atoms with Crippen LogP contribution in [0.3, 0.4) is 0 Å². The summed E-state index contributed by atoms with van der Waals surface area (Å²) in [5, 5.41) is 3.90. The molecule has 202 valence electrons. The third-order valence-electron chi connectivity index (χ3n) is 7.58. The minimum absolute atomic E-state index is 0.0414. The molecule has 1 N–H and O–H groups in total. The van der Waals surface area contributed by atoms with E-state index in [2.05, 4.69) is 15.3 Å². The van der Waals surface area contributed by atoms with E-state index < -0.39 is 29.4 Å². The van der Waals surface area contributed by atoms with Gasteiger partial charge < -0.3 is 15.0 Å². The smallest absolute Gasteiger partial charge is 0.266 e. The van der Waals surface area contributed by atoms with E-state index in [4.69, 9.17) is 9.72 Å². The summed E-state index contributed by atoms with van der Waals surface area (Å²) in [4.78, 5) is 27.6. The van der Waals surface area contributed by atoms with Crippen molar-refractivity contribution in [2.24, 2.45) is 5.92 Å². The van der Waals surface area contributed by atoms with Crippen molar-refractivity contribution in [1.29, 1.82) is 0 Å². The van der Waals surface area contributed by atoms with Gasteiger partial charge in [-0.05, 0) is 51.5 Å². The van der Waals surface area contributed by atoms with Crippen LogP contribution in [0.1, 0.15) is 74.6 Å². The quantitative estimate of drug-likeness (QED) is 0.396. The lowest BCUT2D eigenvalue weighted by Crippen LogP contribution is -2.46. The number of anilines is 1. The summed E-state index contributed by atoms with van der Waals surface area (Å²) >= 11 is 0. The number of aromatic nitrogens is 3.